The molecule has 1 aromatic carbocycles. The van der Waals surface area contributed by atoms with Crippen LogP contribution in [0.2, 0.25) is 0 Å². The molecule has 0 aromatic heterocycles. The molecule has 0 heterocycles. The van der Waals surface area contributed by atoms with Gasteiger partial charge in [-0.1, -0.05) is 36.5 Å². The van der Waals surface area contributed by atoms with Gasteiger partial charge in [-0.15, -0.1) is 0 Å². The molecule has 2 amide bonds. The van der Waals surface area contributed by atoms with E-state index in [0.717, 1.165) is 0 Å². The van der Waals surface area contributed by atoms with E-state index in [9.17, 15) is 9.59 Å². The van der Waals surface area contributed by atoms with Crippen molar-refractivity contribution in [1.29, 1.82) is 0 Å². The van der Waals surface area contributed by atoms with Crippen molar-refractivity contribution < 1.29 is 9.59 Å². The van der Waals surface area contributed by atoms with Gasteiger partial charge in [-0.2, -0.15) is 0 Å². The molecule has 6 heteroatoms. The molecule has 3 rings (SSSR count). The van der Waals surface area contributed by atoms with Crippen molar-refractivity contribution >= 4 is 23.2 Å². The average Bonchev–Trinajstić information content (AvgIpc) is 2.61. The minimum Gasteiger partial charge on any atom is -0.322 e. The van der Waals surface area contributed by atoms with E-state index in [1.54, 1.807) is 48.6 Å². The summed E-state index contributed by atoms with van der Waals surface area (Å²) in [7, 11) is 0. The van der Waals surface area contributed by atoms with E-state index in [1.165, 1.54) is 0 Å². The molecule has 0 saturated carbocycles. The van der Waals surface area contributed by atoms with Gasteiger partial charge in [0.15, 0.2) is 0 Å². The fourth-order valence-electron chi connectivity index (χ4n) is 3.20. The van der Waals surface area contributed by atoms with Crippen molar-refractivity contribution in [2.24, 2.45) is 11.5 Å². The highest BCUT2D eigenvalue weighted by atomic mass is 16.2. The number of rotatable bonds is 4. The van der Waals surface area contributed by atoms with Gasteiger partial charge in [0.05, 0.1) is 0 Å². The third-order valence-corrected chi connectivity index (χ3v) is 4.68. The van der Waals surface area contributed by atoms with E-state index in [0.29, 0.717) is 35.4 Å². The molecular weight excluding hydrogens is 352 g/mol. The van der Waals surface area contributed by atoms with Crippen molar-refractivity contribution in [1.82, 2.24) is 0 Å². The fourth-order valence-corrected chi connectivity index (χ4v) is 3.20. The van der Waals surface area contributed by atoms with Crippen molar-refractivity contribution in [2.45, 2.75) is 37.8 Å². The van der Waals surface area contributed by atoms with E-state index >= 15 is 0 Å². The zero-order chi connectivity index (χ0) is 20.4. The van der Waals surface area contributed by atoms with Crippen LogP contribution in [0.15, 0.2) is 71.9 Å². The van der Waals surface area contributed by atoms with Crippen LogP contribution in [0.4, 0.5) is 11.4 Å². The fraction of sp³-hybridized carbons (Fsp3) is 0.273. The summed E-state index contributed by atoms with van der Waals surface area (Å²) in [5, 5.41) is 5.72. The minimum atomic E-state index is -0.516. The molecule has 0 fully saturated rings. The van der Waals surface area contributed by atoms with Crippen molar-refractivity contribution in [3.05, 3.63) is 71.9 Å². The molecule has 0 aliphatic heterocycles. The highest BCUT2D eigenvalue weighted by molar-refractivity contribution is 6.05. The van der Waals surface area contributed by atoms with Gasteiger partial charge in [-0.3, -0.25) is 9.59 Å². The van der Waals surface area contributed by atoms with Gasteiger partial charge in [0.1, 0.15) is 0 Å². The quantitative estimate of drug-likeness (QED) is 0.646. The molecule has 0 saturated heterocycles. The van der Waals surface area contributed by atoms with Crippen molar-refractivity contribution in [3.8, 4) is 0 Å². The average molecular weight is 378 g/mol. The zero-order valence-electron chi connectivity index (χ0n) is 16.2. The number of nitrogens with one attached hydrogen (secondary N) is 2. The Hall–Kier alpha value is -2.96. The second-order valence-corrected chi connectivity index (χ2v) is 7.95. The molecule has 2 aliphatic rings. The van der Waals surface area contributed by atoms with Crippen LogP contribution >= 0.6 is 0 Å². The molecule has 1 aromatic rings. The summed E-state index contributed by atoms with van der Waals surface area (Å²) in [5.74, 6) is -0.363. The Balaban J connectivity index is 1.60. The molecule has 2 unspecified atom stereocenters. The van der Waals surface area contributed by atoms with Crippen LogP contribution in [0, 0.1) is 0 Å². The molecule has 28 heavy (non-hydrogen) atoms. The molecule has 0 spiro atoms. The first-order chi connectivity index (χ1) is 13.1. The van der Waals surface area contributed by atoms with Crippen LogP contribution in [-0.2, 0) is 9.59 Å². The Labute approximate surface area is 165 Å². The Morgan fingerprint density at radius 2 is 1.14 bits per heavy atom. The zero-order valence-corrected chi connectivity index (χ0v) is 16.2. The van der Waals surface area contributed by atoms with Crippen LogP contribution in [0.5, 0.6) is 0 Å². The van der Waals surface area contributed by atoms with Crippen molar-refractivity contribution in [3.63, 3.8) is 0 Å². The standard InChI is InChI=1S/C22H26N4O2/c1-21(23)11-3-5-15(13-21)19(27)25-17-7-9-18(10-8-17)26-20(28)16-6-4-12-22(2,24)14-16/h3-12H,13-14,23-24H2,1-2H3,(H,25,27)(H,26,28). The third-order valence-electron chi connectivity index (χ3n) is 4.68. The first-order valence-corrected chi connectivity index (χ1v) is 9.21. The lowest BCUT2D eigenvalue weighted by molar-refractivity contribution is -0.113. The highest BCUT2D eigenvalue weighted by Crippen LogP contribution is 2.24. The van der Waals surface area contributed by atoms with Gasteiger partial charge in [0.2, 0.25) is 0 Å². The maximum atomic E-state index is 12.4. The number of benzene rings is 1. The summed E-state index contributed by atoms with van der Waals surface area (Å²) in [6, 6.07) is 6.99. The van der Waals surface area contributed by atoms with Gasteiger partial charge >= 0.3 is 0 Å². The van der Waals surface area contributed by atoms with Crippen LogP contribution in [0.3, 0.4) is 0 Å². The number of hydrogen-bond acceptors (Lipinski definition) is 4. The maximum Gasteiger partial charge on any atom is 0.251 e. The van der Waals surface area contributed by atoms with E-state index in [2.05, 4.69) is 10.6 Å². The molecule has 0 bridgehead atoms. The van der Waals surface area contributed by atoms with E-state index < -0.39 is 11.1 Å². The summed E-state index contributed by atoms with van der Waals surface area (Å²) in [5.41, 5.74) is 13.7. The van der Waals surface area contributed by atoms with E-state index in [-0.39, 0.29) is 11.8 Å². The van der Waals surface area contributed by atoms with Crippen LogP contribution in [0.25, 0.3) is 0 Å². The predicted octanol–water partition coefficient (Wildman–Crippen LogP) is 2.77. The Morgan fingerprint density at radius 1 is 0.786 bits per heavy atom. The highest BCUT2D eigenvalue weighted by Gasteiger charge is 2.24. The Bertz CT molecular complexity index is 828. The largest absolute Gasteiger partial charge is 0.322 e. The van der Waals surface area contributed by atoms with E-state index in [4.69, 9.17) is 11.5 Å². The van der Waals surface area contributed by atoms with Gasteiger partial charge in [-0.05, 0) is 51.0 Å². The molecule has 2 atom stereocenters. The number of nitrogens with two attached hydrogens (primary N) is 2. The summed E-state index contributed by atoms with van der Waals surface area (Å²) in [6.07, 6.45) is 11.9. The molecule has 2 aliphatic carbocycles. The van der Waals surface area contributed by atoms with Crippen LogP contribution in [0.1, 0.15) is 26.7 Å². The molecular formula is C22H26N4O2. The topological polar surface area (TPSA) is 110 Å². The SMILES string of the molecule is CC1(N)C=CC=C(C(=O)Nc2ccc(NC(=O)C3=CC=CC(C)(N)C3)cc2)C1. The van der Waals surface area contributed by atoms with Crippen LogP contribution in [-0.4, -0.2) is 22.9 Å². The second kappa shape index (κ2) is 7.58. The van der Waals surface area contributed by atoms with Gasteiger partial charge in [-0.25, -0.2) is 0 Å². The molecule has 0 radical (unpaired) electrons. The summed E-state index contributed by atoms with van der Waals surface area (Å²) < 4.78 is 0. The van der Waals surface area contributed by atoms with Gasteiger partial charge < -0.3 is 22.1 Å². The predicted molar refractivity (Wildman–Crippen MR) is 113 cm³/mol. The normalized spacial score (nSPS) is 26.3. The van der Waals surface area contributed by atoms with E-state index in [1.807, 2.05) is 26.0 Å². The number of allylic oxidation sites excluding steroid dienone is 4. The summed E-state index contributed by atoms with van der Waals surface area (Å²) >= 11 is 0. The lowest BCUT2D eigenvalue weighted by Crippen LogP contribution is -2.37. The lowest BCUT2D eigenvalue weighted by atomic mass is 9.89. The molecule has 6 N–H and O–H groups in total. The number of amides is 2. The minimum absolute atomic E-state index is 0.181. The first kappa shape index (κ1) is 19.8. The Morgan fingerprint density at radius 3 is 1.46 bits per heavy atom. The Kier molecular flexibility index (Phi) is 5.36. The monoisotopic (exact) mass is 378 g/mol. The van der Waals surface area contributed by atoms with Gasteiger partial charge in [0.25, 0.3) is 11.8 Å². The lowest BCUT2D eigenvalue weighted by Gasteiger charge is -2.24. The summed E-state index contributed by atoms with van der Waals surface area (Å²) in [6.45, 7) is 3.76. The summed E-state index contributed by atoms with van der Waals surface area (Å²) in [4.78, 5) is 24.8. The number of carbonyl (C=O) groups excluding carboxylic acids is 2. The van der Waals surface area contributed by atoms with Crippen molar-refractivity contribution in [2.75, 3.05) is 10.6 Å². The maximum absolute atomic E-state index is 12.4. The van der Waals surface area contributed by atoms with Gasteiger partial charge in [0, 0.05) is 33.6 Å². The third kappa shape index (κ3) is 5.06. The molecule has 146 valence electrons. The number of carbonyl (C=O) groups is 2. The second-order valence-electron chi connectivity index (χ2n) is 7.95. The van der Waals surface area contributed by atoms with Crippen LogP contribution < -0.4 is 22.1 Å². The molecule has 6 nitrogen and oxygen atoms in total. The number of anilines is 2. The first-order valence-electron chi connectivity index (χ1n) is 9.21. The smallest absolute Gasteiger partial charge is 0.251 e. The number of hydrogen-bond donors (Lipinski definition) is 4.